The summed E-state index contributed by atoms with van der Waals surface area (Å²) >= 11 is 0. The zero-order valence-electron chi connectivity index (χ0n) is 13.5. The Hall–Kier alpha value is -0.790. The molecule has 1 fully saturated rings. The van der Waals surface area contributed by atoms with Gasteiger partial charge in [-0.1, -0.05) is 57.6 Å². The number of hydrogen-bond donors (Lipinski definition) is 0. The van der Waals surface area contributed by atoms with E-state index in [1.807, 2.05) is 6.92 Å². The third-order valence-corrected chi connectivity index (χ3v) is 4.39. The fourth-order valence-corrected chi connectivity index (χ4v) is 2.81. The van der Waals surface area contributed by atoms with E-state index in [-0.39, 0.29) is 12.1 Å². The third-order valence-electron chi connectivity index (χ3n) is 4.39. The Morgan fingerprint density at radius 1 is 0.900 bits per heavy atom. The smallest absolute Gasteiger partial charge is 0.306 e. The first-order valence-electron chi connectivity index (χ1n) is 8.45. The number of allylic oxidation sites excluding steroid dienone is 1. The zero-order valence-corrected chi connectivity index (χ0v) is 13.5. The van der Waals surface area contributed by atoms with Crippen LogP contribution in [0.15, 0.2) is 12.2 Å². The van der Waals surface area contributed by atoms with Crippen LogP contribution in [0.3, 0.4) is 0 Å². The molecule has 0 aromatic heterocycles. The molecule has 0 aromatic carbocycles. The summed E-state index contributed by atoms with van der Waals surface area (Å²) < 4.78 is 5.53. The van der Waals surface area contributed by atoms with Crippen LogP contribution in [-0.2, 0) is 9.53 Å². The molecule has 0 unspecified atom stereocenters. The van der Waals surface area contributed by atoms with Gasteiger partial charge in [-0.05, 0) is 38.5 Å². The van der Waals surface area contributed by atoms with E-state index in [1.54, 1.807) is 0 Å². The Bertz CT molecular complexity index is 266. The molecule has 0 spiro atoms. The van der Waals surface area contributed by atoms with Crippen molar-refractivity contribution >= 4 is 5.97 Å². The number of carbonyl (C=O) groups is 1. The van der Waals surface area contributed by atoms with Crippen LogP contribution in [0.25, 0.3) is 0 Å². The number of carbonyl (C=O) groups excluding carboxylic acids is 1. The molecule has 2 atom stereocenters. The molecular weight excluding hydrogens is 248 g/mol. The molecule has 0 radical (unpaired) electrons. The van der Waals surface area contributed by atoms with Crippen molar-refractivity contribution < 1.29 is 9.53 Å². The first-order valence-corrected chi connectivity index (χ1v) is 8.45. The molecule has 1 rings (SSSR count). The molecule has 0 aromatic rings. The summed E-state index contributed by atoms with van der Waals surface area (Å²) in [5.41, 5.74) is 1.31. The molecule has 2 nitrogen and oxygen atoms in total. The summed E-state index contributed by atoms with van der Waals surface area (Å²) in [6.07, 6.45) is 12.7. The topological polar surface area (TPSA) is 26.3 Å². The minimum Gasteiger partial charge on any atom is -0.462 e. The van der Waals surface area contributed by atoms with Gasteiger partial charge in [-0.3, -0.25) is 4.79 Å². The monoisotopic (exact) mass is 280 g/mol. The van der Waals surface area contributed by atoms with Crippen molar-refractivity contribution in [3.8, 4) is 0 Å². The molecule has 0 bridgehead atoms. The van der Waals surface area contributed by atoms with Gasteiger partial charge in [0.15, 0.2) is 0 Å². The van der Waals surface area contributed by atoms with Gasteiger partial charge in [0.25, 0.3) is 0 Å². The molecule has 116 valence electrons. The minimum absolute atomic E-state index is 0.00663. The summed E-state index contributed by atoms with van der Waals surface area (Å²) in [6, 6.07) is 0. The Morgan fingerprint density at radius 2 is 1.40 bits per heavy atom. The van der Waals surface area contributed by atoms with Crippen LogP contribution in [-0.4, -0.2) is 12.1 Å². The average molecular weight is 280 g/mol. The second-order valence-corrected chi connectivity index (χ2v) is 6.45. The normalized spacial score (nSPS) is 28.9. The Balaban J connectivity index is 2.43. The molecule has 0 amide bonds. The second-order valence-electron chi connectivity index (χ2n) is 6.45. The van der Waals surface area contributed by atoms with E-state index >= 15 is 0 Å². The van der Waals surface area contributed by atoms with Crippen LogP contribution < -0.4 is 0 Å². The highest BCUT2D eigenvalue weighted by Gasteiger charge is 2.17. The van der Waals surface area contributed by atoms with Crippen LogP contribution in [0, 0.1) is 5.92 Å². The zero-order chi connectivity index (χ0) is 14.8. The lowest BCUT2D eigenvalue weighted by molar-refractivity contribution is -0.150. The molecule has 1 saturated heterocycles. The Morgan fingerprint density at radius 3 is 2.00 bits per heavy atom. The summed E-state index contributed by atoms with van der Waals surface area (Å²) in [4.78, 5) is 11.8. The fourth-order valence-electron chi connectivity index (χ4n) is 2.81. The van der Waals surface area contributed by atoms with E-state index in [0.29, 0.717) is 12.3 Å². The van der Waals surface area contributed by atoms with E-state index in [9.17, 15) is 4.79 Å². The number of esters is 1. The van der Waals surface area contributed by atoms with Crippen molar-refractivity contribution in [2.75, 3.05) is 0 Å². The number of rotatable bonds is 0. The van der Waals surface area contributed by atoms with E-state index in [1.165, 1.54) is 44.1 Å². The van der Waals surface area contributed by atoms with Gasteiger partial charge < -0.3 is 4.74 Å². The molecule has 0 N–H and O–H groups in total. The Kier molecular flexibility index (Phi) is 8.64. The van der Waals surface area contributed by atoms with Crippen LogP contribution in [0.4, 0.5) is 0 Å². The first kappa shape index (κ1) is 17.3. The number of ether oxygens (including phenoxy) is 1. The van der Waals surface area contributed by atoms with Crippen molar-refractivity contribution in [3.05, 3.63) is 12.2 Å². The second kappa shape index (κ2) is 10.0. The van der Waals surface area contributed by atoms with Gasteiger partial charge >= 0.3 is 5.97 Å². The highest BCUT2D eigenvalue weighted by molar-refractivity contribution is 5.69. The summed E-state index contributed by atoms with van der Waals surface area (Å²) in [7, 11) is 0. The first-order chi connectivity index (χ1) is 9.59. The maximum absolute atomic E-state index is 11.8. The molecule has 0 aliphatic carbocycles. The third kappa shape index (κ3) is 7.72. The van der Waals surface area contributed by atoms with Gasteiger partial charge in [-0.15, -0.1) is 0 Å². The highest BCUT2D eigenvalue weighted by Crippen LogP contribution is 2.22. The maximum Gasteiger partial charge on any atom is 0.306 e. The highest BCUT2D eigenvalue weighted by atomic mass is 16.5. The molecule has 1 heterocycles. The van der Waals surface area contributed by atoms with Crippen LogP contribution in [0.1, 0.15) is 84.5 Å². The Labute approximate surface area is 125 Å². The van der Waals surface area contributed by atoms with Gasteiger partial charge in [0, 0.05) is 6.42 Å². The average Bonchev–Trinajstić information content (AvgIpc) is 2.39. The van der Waals surface area contributed by atoms with Crippen molar-refractivity contribution in [2.24, 2.45) is 5.92 Å². The largest absolute Gasteiger partial charge is 0.462 e. The van der Waals surface area contributed by atoms with Crippen molar-refractivity contribution in [1.82, 2.24) is 0 Å². The van der Waals surface area contributed by atoms with Gasteiger partial charge in [0.1, 0.15) is 6.10 Å². The summed E-state index contributed by atoms with van der Waals surface area (Å²) in [5.74, 6) is 0.349. The molecule has 20 heavy (non-hydrogen) atoms. The molecule has 1 aliphatic heterocycles. The summed E-state index contributed by atoms with van der Waals surface area (Å²) in [6.45, 7) is 8.35. The molecule has 2 heteroatoms. The van der Waals surface area contributed by atoms with E-state index < -0.39 is 0 Å². The lowest BCUT2D eigenvalue weighted by Gasteiger charge is -2.21. The standard InChI is InChI=1S/C18H32O2/c1-15-12-10-8-6-4-5-7-9-11-13-18(19)20-17(3)16(2)14-15/h16-17H,1,4-14H2,2-3H3/t16-,17+/m1/s1. The predicted molar refractivity (Wildman–Crippen MR) is 84.6 cm³/mol. The van der Waals surface area contributed by atoms with E-state index in [0.717, 1.165) is 25.7 Å². The van der Waals surface area contributed by atoms with E-state index in [2.05, 4.69) is 13.5 Å². The van der Waals surface area contributed by atoms with Crippen molar-refractivity contribution in [1.29, 1.82) is 0 Å². The fraction of sp³-hybridized carbons (Fsp3) is 0.833. The van der Waals surface area contributed by atoms with Gasteiger partial charge in [0.05, 0.1) is 0 Å². The van der Waals surface area contributed by atoms with Crippen molar-refractivity contribution in [3.63, 3.8) is 0 Å². The molecular formula is C18H32O2. The molecule has 1 aliphatic rings. The van der Waals surface area contributed by atoms with Gasteiger partial charge in [0.2, 0.25) is 0 Å². The number of hydrogen-bond acceptors (Lipinski definition) is 2. The predicted octanol–water partition coefficient (Wildman–Crippen LogP) is 5.42. The molecule has 0 saturated carbocycles. The van der Waals surface area contributed by atoms with Gasteiger partial charge in [-0.25, -0.2) is 0 Å². The van der Waals surface area contributed by atoms with Gasteiger partial charge in [-0.2, -0.15) is 0 Å². The lowest BCUT2D eigenvalue weighted by Crippen LogP contribution is -2.22. The van der Waals surface area contributed by atoms with Crippen LogP contribution >= 0.6 is 0 Å². The lowest BCUT2D eigenvalue weighted by atomic mass is 9.94. The SMILES string of the molecule is C=C1CCCCCCCCCCC(=O)O[C@@H](C)[C@H](C)C1. The van der Waals surface area contributed by atoms with Crippen LogP contribution in [0.2, 0.25) is 0 Å². The maximum atomic E-state index is 11.8. The van der Waals surface area contributed by atoms with Crippen molar-refractivity contribution in [2.45, 2.75) is 90.6 Å². The quantitative estimate of drug-likeness (QED) is 0.438. The number of cyclic esters (lactones) is 1. The minimum atomic E-state index is -0.0259. The van der Waals surface area contributed by atoms with E-state index in [4.69, 9.17) is 4.74 Å². The van der Waals surface area contributed by atoms with Crippen LogP contribution in [0.5, 0.6) is 0 Å². The summed E-state index contributed by atoms with van der Waals surface area (Å²) in [5, 5.41) is 0.